The maximum atomic E-state index is 5.90. The van der Waals surface area contributed by atoms with Crippen LogP contribution in [0.25, 0.3) is 0 Å². The van der Waals surface area contributed by atoms with E-state index < -0.39 is 0 Å². The van der Waals surface area contributed by atoms with Crippen LogP contribution in [0, 0.1) is 5.41 Å². The zero-order valence-corrected chi connectivity index (χ0v) is 10.4. The average molecular weight is 218 g/mol. The molecule has 2 heteroatoms. The second-order valence-electron chi connectivity index (χ2n) is 5.37. The second kappa shape index (κ2) is 5.97. The maximum Gasteiger partial charge on any atom is 0.0286 e. The molecule has 1 aliphatic rings. The zero-order valence-electron chi connectivity index (χ0n) is 9.61. The lowest BCUT2D eigenvalue weighted by Crippen LogP contribution is -2.37. The van der Waals surface area contributed by atoms with Crippen LogP contribution in [0.3, 0.4) is 0 Å². The third-order valence-electron chi connectivity index (χ3n) is 3.09. The summed E-state index contributed by atoms with van der Waals surface area (Å²) in [6.45, 7) is 5.51. The summed E-state index contributed by atoms with van der Waals surface area (Å²) in [5.41, 5.74) is 0.244. The first-order valence-electron chi connectivity index (χ1n) is 5.93. The molecule has 0 heterocycles. The van der Waals surface area contributed by atoms with Gasteiger partial charge in [-0.15, -0.1) is 11.6 Å². The van der Waals surface area contributed by atoms with Crippen LogP contribution in [0.4, 0.5) is 0 Å². The number of hydrogen-bond donors (Lipinski definition) is 1. The number of hydrogen-bond acceptors (Lipinski definition) is 1. The van der Waals surface area contributed by atoms with E-state index in [9.17, 15) is 0 Å². The highest BCUT2D eigenvalue weighted by molar-refractivity contribution is 6.18. The Balaban J connectivity index is 2.22. The summed E-state index contributed by atoms with van der Waals surface area (Å²) in [5, 5.41) is 3.67. The van der Waals surface area contributed by atoms with E-state index in [4.69, 9.17) is 11.6 Å². The molecule has 1 aliphatic carbocycles. The van der Waals surface area contributed by atoms with Gasteiger partial charge in [0.1, 0.15) is 0 Å². The molecule has 0 aromatic rings. The van der Waals surface area contributed by atoms with Crippen LogP contribution in [-0.2, 0) is 0 Å². The summed E-state index contributed by atoms with van der Waals surface area (Å²) in [6, 6.07) is 0.750. The van der Waals surface area contributed by atoms with Gasteiger partial charge >= 0.3 is 0 Å². The molecule has 1 saturated carbocycles. The molecule has 0 aromatic heterocycles. The van der Waals surface area contributed by atoms with Crippen LogP contribution in [0.1, 0.15) is 52.4 Å². The summed E-state index contributed by atoms with van der Waals surface area (Å²) in [4.78, 5) is 0. The van der Waals surface area contributed by atoms with Crippen molar-refractivity contribution in [2.75, 3.05) is 12.4 Å². The van der Waals surface area contributed by atoms with E-state index in [0.29, 0.717) is 0 Å². The van der Waals surface area contributed by atoms with E-state index in [1.807, 2.05) is 0 Å². The van der Waals surface area contributed by atoms with Crippen LogP contribution in [0.15, 0.2) is 0 Å². The fourth-order valence-electron chi connectivity index (χ4n) is 1.95. The highest BCUT2D eigenvalue weighted by atomic mass is 35.5. The van der Waals surface area contributed by atoms with Crippen molar-refractivity contribution >= 4 is 11.6 Å². The van der Waals surface area contributed by atoms with Crippen molar-refractivity contribution in [3.63, 3.8) is 0 Å². The highest BCUT2D eigenvalue weighted by Crippen LogP contribution is 2.20. The molecule has 84 valence electrons. The van der Waals surface area contributed by atoms with E-state index in [1.165, 1.54) is 38.5 Å². The highest BCUT2D eigenvalue weighted by Gasteiger charge is 2.19. The molecule has 0 atom stereocenters. The van der Waals surface area contributed by atoms with Crippen LogP contribution in [0.2, 0.25) is 0 Å². The number of alkyl halides is 1. The molecule has 1 nitrogen and oxygen atoms in total. The molecule has 1 N–H and O–H groups in total. The molecule has 0 aromatic carbocycles. The van der Waals surface area contributed by atoms with Crippen LogP contribution in [0.5, 0.6) is 0 Å². The Morgan fingerprint density at radius 1 is 1.14 bits per heavy atom. The van der Waals surface area contributed by atoms with Gasteiger partial charge in [0, 0.05) is 18.5 Å². The van der Waals surface area contributed by atoms with Crippen molar-refractivity contribution in [2.24, 2.45) is 5.41 Å². The molecule has 0 spiro atoms. The van der Waals surface area contributed by atoms with E-state index in [0.717, 1.165) is 18.5 Å². The van der Waals surface area contributed by atoms with Gasteiger partial charge in [-0.3, -0.25) is 0 Å². The molecule has 0 saturated heterocycles. The van der Waals surface area contributed by atoms with Crippen molar-refractivity contribution in [3.8, 4) is 0 Å². The predicted octanol–water partition coefficient (Wildman–Crippen LogP) is 3.56. The van der Waals surface area contributed by atoms with Crippen molar-refractivity contribution < 1.29 is 0 Å². The summed E-state index contributed by atoms with van der Waals surface area (Å²) in [6.07, 6.45) is 8.38. The van der Waals surface area contributed by atoms with Gasteiger partial charge in [0.15, 0.2) is 0 Å². The van der Waals surface area contributed by atoms with Gasteiger partial charge in [0.25, 0.3) is 0 Å². The maximum absolute atomic E-state index is 5.90. The molecule has 1 rings (SSSR count). The lowest BCUT2D eigenvalue weighted by atomic mass is 9.95. The monoisotopic (exact) mass is 217 g/mol. The number of halogens is 1. The predicted molar refractivity (Wildman–Crippen MR) is 64.0 cm³/mol. The van der Waals surface area contributed by atoms with Gasteiger partial charge in [-0.25, -0.2) is 0 Å². The van der Waals surface area contributed by atoms with E-state index >= 15 is 0 Å². The third kappa shape index (κ3) is 4.65. The van der Waals surface area contributed by atoms with Crippen LogP contribution < -0.4 is 5.32 Å². The normalized spacial score (nSPS) is 20.8. The standard InChI is InChI=1S/C12H24ClN/c1-12(2,9-13)10-14-11-7-5-3-4-6-8-11/h11,14H,3-10H2,1-2H3. The molecular formula is C12H24ClN. The zero-order chi connectivity index (χ0) is 10.4. The second-order valence-corrected chi connectivity index (χ2v) is 5.63. The lowest BCUT2D eigenvalue weighted by molar-refractivity contribution is 0.340. The van der Waals surface area contributed by atoms with Crippen molar-refractivity contribution in [1.29, 1.82) is 0 Å². The summed E-state index contributed by atoms with van der Waals surface area (Å²) in [5.74, 6) is 0.743. The van der Waals surface area contributed by atoms with Crippen LogP contribution >= 0.6 is 11.6 Å². The van der Waals surface area contributed by atoms with Crippen molar-refractivity contribution in [2.45, 2.75) is 58.4 Å². The van der Waals surface area contributed by atoms with Gasteiger partial charge in [-0.2, -0.15) is 0 Å². The number of nitrogens with one attached hydrogen (secondary N) is 1. The minimum Gasteiger partial charge on any atom is -0.313 e. The Morgan fingerprint density at radius 3 is 2.21 bits per heavy atom. The fourth-order valence-corrected chi connectivity index (χ4v) is 2.05. The fraction of sp³-hybridized carbons (Fsp3) is 1.00. The van der Waals surface area contributed by atoms with Crippen molar-refractivity contribution in [1.82, 2.24) is 5.32 Å². The molecule has 0 amide bonds. The lowest BCUT2D eigenvalue weighted by Gasteiger charge is -2.25. The Bertz CT molecular complexity index is 148. The van der Waals surface area contributed by atoms with Crippen molar-refractivity contribution in [3.05, 3.63) is 0 Å². The van der Waals surface area contributed by atoms with Gasteiger partial charge in [0.05, 0.1) is 0 Å². The Labute approximate surface area is 93.6 Å². The van der Waals surface area contributed by atoms with Gasteiger partial charge in [0.2, 0.25) is 0 Å². The largest absolute Gasteiger partial charge is 0.313 e. The third-order valence-corrected chi connectivity index (χ3v) is 3.81. The van der Waals surface area contributed by atoms with Crippen LogP contribution in [-0.4, -0.2) is 18.5 Å². The van der Waals surface area contributed by atoms with E-state index in [-0.39, 0.29) is 5.41 Å². The molecule has 0 aliphatic heterocycles. The Hall–Kier alpha value is 0.250. The molecule has 1 fully saturated rings. The minimum atomic E-state index is 0.244. The first-order chi connectivity index (χ1) is 6.64. The summed E-state index contributed by atoms with van der Waals surface area (Å²) < 4.78 is 0. The average Bonchev–Trinajstić information content (AvgIpc) is 2.43. The topological polar surface area (TPSA) is 12.0 Å². The molecule has 14 heavy (non-hydrogen) atoms. The SMILES string of the molecule is CC(C)(CCl)CNC1CCCCCC1. The molecule has 0 radical (unpaired) electrons. The Kier molecular flexibility index (Phi) is 5.25. The van der Waals surface area contributed by atoms with E-state index in [1.54, 1.807) is 0 Å². The summed E-state index contributed by atoms with van der Waals surface area (Å²) >= 11 is 5.90. The molecular weight excluding hydrogens is 194 g/mol. The first kappa shape index (κ1) is 12.3. The Morgan fingerprint density at radius 2 is 1.71 bits per heavy atom. The smallest absolute Gasteiger partial charge is 0.0286 e. The van der Waals surface area contributed by atoms with Gasteiger partial charge < -0.3 is 5.32 Å². The first-order valence-corrected chi connectivity index (χ1v) is 6.47. The van der Waals surface area contributed by atoms with Gasteiger partial charge in [-0.1, -0.05) is 39.5 Å². The minimum absolute atomic E-state index is 0.244. The summed E-state index contributed by atoms with van der Waals surface area (Å²) in [7, 11) is 0. The molecule has 0 unspecified atom stereocenters. The quantitative estimate of drug-likeness (QED) is 0.561. The van der Waals surface area contributed by atoms with E-state index in [2.05, 4.69) is 19.2 Å². The number of rotatable bonds is 4. The van der Waals surface area contributed by atoms with Gasteiger partial charge in [-0.05, 0) is 18.3 Å². The molecule has 0 bridgehead atoms.